The Hall–Kier alpha value is -3.35. The third kappa shape index (κ3) is 7.57. The topological polar surface area (TPSA) is 181 Å². The summed E-state index contributed by atoms with van der Waals surface area (Å²) >= 11 is 9.17. The number of phenols is 2. The van der Waals surface area contributed by atoms with Gasteiger partial charge in [-0.1, -0.05) is 11.6 Å². The molecule has 0 fully saturated rings. The number of nitrogens with one attached hydrogen (secondary N) is 3. The molecule has 0 spiro atoms. The number of aliphatic imine (C=N–C) groups is 1. The number of aliphatic hydroxyl groups excluding tert-OH is 1. The Bertz CT molecular complexity index is 1210. The molecule has 0 radical (unpaired) electrons. The highest BCUT2D eigenvalue weighted by Crippen LogP contribution is 2.38. The number of β-amino-alcohol motifs (C(OH)–C–C–N with tert-alkyl or cyclic N) is 1. The Labute approximate surface area is 219 Å². The fourth-order valence-corrected chi connectivity index (χ4v) is 4.43. The van der Waals surface area contributed by atoms with E-state index in [1.165, 1.54) is 30.3 Å². The first-order valence-corrected chi connectivity index (χ1v) is 12.0. The molecule has 1 heterocycles. The maximum Gasteiger partial charge on any atom is 0.303 e. The molecule has 2 aromatic rings. The molecule has 7 N–H and O–H groups in total. The predicted octanol–water partition coefficient (Wildman–Crippen LogP) is 2.19. The summed E-state index contributed by atoms with van der Waals surface area (Å²) in [4.78, 5) is 40.7. The van der Waals surface area contributed by atoms with E-state index in [1.54, 1.807) is 0 Å². The quantitative estimate of drug-likeness (QED) is 0.233. The van der Waals surface area contributed by atoms with Gasteiger partial charge in [-0.05, 0) is 40.2 Å². The zero-order valence-electron chi connectivity index (χ0n) is 18.8. The molecule has 36 heavy (non-hydrogen) atoms. The number of aliphatic carboxylic acids is 1. The van der Waals surface area contributed by atoms with Crippen LogP contribution in [0.2, 0.25) is 5.02 Å². The predicted molar refractivity (Wildman–Crippen MR) is 136 cm³/mol. The van der Waals surface area contributed by atoms with E-state index < -0.39 is 42.6 Å². The number of halogens is 2. The first-order chi connectivity index (χ1) is 17.0. The number of hydrogen-bond donors (Lipinski definition) is 7. The van der Waals surface area contributed by atoms with Gasteiger partial charge in [0.1, 0.15) is 11.5 Å². The van der Waals surface area contributed by atoms with Gasteiger partial charge in [0.15, 0.2) is 11.7 Å². The number of anilines is 1. The van der Waals surface area contributed by atoms with E-state index in [0.29, 0.717) is 18.2 Å². The standard InChI is InChI=1S/C23H24BrClN4O7/c24-19-6-13(25)5-18(21(19)35)11(4-20(33)34)2-16(31)8-26-22(36)12-1-14(7-15(30)3-12)29-23-27-9-17(32)10-28-23/h1,3,5-7,11,17,30,32,35H,2,4,8-10H2,(H,26,36)(H,33,34)(H2,27,28,29)/t11-/m0/s1. The monoisotopic (exact) mass is 582 g/mol. The van der Waals surface area contributed by atoms with Crippen LogP contribution in [0.5, 0.6) is 11.5 Å². The molecule has 0 saturated carbocycles. The number of carbonyl (C=O) groups excluding carboxylic acids is 2. The zero-order chi connectivity index (χ0) is 26.4. The molecule has 2 atom stereocenters. The fourth-order valence-electron chi connectivity index (χ4n) is 3.59. The van der Waals surface area contributed by atoms with Gasteiger partial charge in [0.2, 0.25) is 0 Å². The van der Waals surface area contributed by atoms with Gasteiger partial charge in [0.05, 0.1) is 30.1 Å². The number of aliphatic hydroxyl groups is 1. The fraction of sp³-hybridized carbons (Fsp3) is 0.304. The maximum absolute atomic E-state index is 12.6. The second-order valence-electron chi connectivity index (χ2n) is 8.16. The van der Waals surface area contributed by atoms with E-state index in [0.717, 1.165) is 0 Å². The van der Waals surface area contributed by atoms with Crippen molar-refractivity contribution in [2.45, 2.75) is 24.9 Å². The highest BCUT2D eigenvalue weighted by Gasteiger charge is 2.24. The summed E-state index contributed by atoms with van der Waals surface area (Å²) in [6.07, 6.45) is -1.30. The summed E-state index contributed by atoms with van der Waals surface area (Å²) in [7, 11) is 0. The molecule has 192 valence electrons. The molecular formula is C23H24BrClN4O7. The largest absolute Gasteiger partial charge is 0.508 e. The number of hydrogen-bond acceptors (Lipinski definition) is 9. The van der Waals surface area contributed by atoms with E-state index in [9.17, 15) is 34.8 Å². The van der Waals surface area contributed by atoms with Crippen molar-refractivity contribution in [1.82, 2.24) is 10.6 Å². The third-order valence-electron chi connectivity index (χ3n) is 5.25. The van der Waals surface area contributed by atoms with Crippen LogP contribution in [0, 0.1) is 0 Å². The van der Waals surface area contributed by atoms with Crippen molar-refractivity contribution in [3.05, 3.63) is 51.0 Å². The van der Waals surface area contributed by atoms with E-state index in [1.807, 2.05) is 0 Å². The lowest BCUT2D eigenvalue weighted by Gasteiger charge is -2.20. The minimum atomic E-state index is -1.17. The Morgan fingerprint density at radius 1 is 1.17 bits per heavy atom. The van der Waals surface area contributed by atoms with Crippen LogP contribution >= 0.6 is 27.5 Å². The van der Waals surface area contributed by atoms with Gasteiger partial charge in [0.25, 0.3) is 5.91 Å². The SMILES string of the molecule is O=C(O)C[C@H](CC(=O)CNC(=O)c1cc(O)cc(NC2=NCC(O)CN2)c1)c1cc(Cl)cc(Br)c1O. The highest BCUT2D eigenvalue weighted by atomic mass is 79.9. The highest BCUT2D eigenvalue weighted by molar-refractivity contribution is 9.10. The Balaban J connectivity index is 1.66. The first-order valence-electron chi connectivity index (χ1n) is 10.8. The van der Waals surface area contributed by atoms with Crippen LogP contribution in [0.15, 0.2) is 39.8 Å². The Kier molecular flexibility index (Phi) is 9.13. The number of Topliss-reactive ketones (excluding diaryl/α,β-unsaturated/α-hetero) is 1. The lowest BCUT2D eigenvalue weighted by molar-refractivity contribution is -0.137. The molecule has 1 aliphatic heterocycles. The molecule has 1 amide bonds. The van der Waals surface area contributed by atoms with Crippen molar-refractivity contribution < 1.29 is 34.8 Å². The Morgan fingerprint density at radius 3 is 2.58 bits per heavy atom. The summed E-state index contributed by atoms with van der Waals surface area (Å²) in [6, 6.07) is 6.89. The van der Waals surface area contributed by atoms with Crippen molar-refractivity contribution in [2.24, 2.45) is 4.99 Å². The summed E-state index contributed by atoms with van der Waals surface area (Å²) in [5.74, 6) is -3.19. The number of benzene rings is 2. The van der Waals surface area contributed by atoms with E-state index >= 15 is 0 Å². The molecular weight excluding hydrogens is 560 g/mol. The van der Waals surface area contributed by atoms with Crippen LogP contribution in [0.3, 0.4) is 0 Å². The molecule has 3 rings (SSSR count). The van der Waals surface area contributed by atoms with Crippen LogP contribution in [-0.2, 0) is 9.59 Å². The van der Waals surface area contributed by atoms with Crippen molar-refractivity contribution in [2.75, 3.05) is 25.0 Å². The number of aromatic hydroxyl groups is 2. The molecule has 2 aromatic carbocycles. The third-order valence-corrected chi connectivity index (χ3v) is 6.07. The molecule has 13 heteroatoms. The Morgan fingerprint density at radius 2 is 1.92 bits per heavy atom. The van der Waals surface area contributed by atoms with Crippen molar-refractivity contribution in [1.29, 1.82) is 0 Å². The summed E-state index contributed by atoms with van der Waals surface area (Å²) in [6.45, 7) is 0.102. The molecule has 11 nitrogen and oxygen atoms in total. The van der Waals surface area contributed by atoms with Gasteiger partial charge in [-0.2, -0.15) is 0 Å². The maximum atomic E-state index is 12.6. The molecule has 1 aliphatic rings. The van der Waals surface area contributed by atoms with Crippen LogP contribution in [0.25, 0.3) is 0 Å². The second kappa shape index (κ2) is 12.1. The molecule has 0 aromatic heterocycles. The van der Waals surface area contributed by atoms with Crippen LogP contribution < -0.4 is 16.0 Å². The van der Waals surface area contributed by atoms with Crippen molar-refractivity contribution >= 4 is 56.8 Å². The summed E-state index contributed by atoms with van der Waals surface area (Å²) in [5, 5.41) is 47.6. The number of carbonyl (C=O) groups is 3. The van der Waals surface area contributed by atoms with Gasteiger partial charge in [-0.3, -0.25) is 19.4 Å². The smallest absolute Gasteiger partial charge is 0.303 e. The van der Waals surface area contributed by atoms with E-state index in [-0.39, 0.29) is 45.1 Å². The molecule has 0 saturated heterocycles. The van der Waals surface area contributed by atoms with Crippen molar-refractivity contribution in [3.8, 4) is 11.5 Å². The van der Waals surface area contributed by atoms with E-state index in [4.69, 9.17) is 11.6 Å². The molecule has 1 unspecified atom stereocenters. The number of phenolic OH excluding ortho intramolecular Hbond substituents is 2. The van der Waals surface area contributed by atoms with Crippen LogP contribution in [0.4, 0.5) is 5.69 Å². The van der Waals surface area contributed by atoms with Crippen LogP contribution in [-0.4, -0.2) is 69.8 Å². The first kappa shape index (κ1) is 27.2. The number of nitrogens with zero attached hydrogens (tertiary/aromatic N) is 1. The average Bonchev–Trinajstić information content (AvgIpc) is 2.80. The molecule has 0 aliphatic carbocycles. The minimum Gasteiger partial charge on any atom is -0.508 e. The number of guanidine groups is 1. The normalized spacial score (nSPS) is 15.9. The lowest BCUT2D eigenvalue weighted by atomic mass is 9.90. The number of carboxylic acids is 1. The zero-order valence-corrected chi connectivity index (χ0v) is 21.1. The number of amides is 1. The number of rotatable bonds is 9. The van der Waals surface area contributed by atoms with Crippen LogP contribution in [0.1, 0.15) is 34.7 Å². The lowest BCUT2D eigenvalue weighted by Crippen LogP contribution is -2.42. The second-order valence-corrected chi connectivity index (χ2v) is 9.45. The van der Waals surface area contributed by atoms with Gasteiger partial charge in [0, 0.05) is 46.8 Å². The molecule has 0 bridgehead atoms. The van der Waals surface area contributed by atoms with Gasteiger partial charge in [-0.25, -0.2) is 0 Å². The summed E-state index contributed by atoms with van der Waals surface area (Å²) < 4.78 is 0.264. The number of ketones is 1. The van der Waals surface area contributed by atoms with E-state index in [2.05, 4.69) is 36.9 Å². The average molecular weight is 584 g/mol. The summed E-state index contributed by atoms with van der Waals surface area (Å²) in [5.41, 5.74) is 0.629. The van der Waals surface area contributed by atoms with Gasteiger partial charge in [-0.15, -0.1) is 0 Å². The van der Waals surface area contributed by atoms with Crippen molar-refractivity contribution in [3.63, 3.8) is 0 Å². The number of carboxylic acid groups (broad SMARTS) is 1. The minimum absolute atomic E-state index is 0.0697. The van der Waals surface area contributed by atoms with Gasteiger partial charge >= 0.3 is 5.97 Å². The van der Waals surface area contributed by atoms with Gasteiger partial charge < -0.3 is 36.4 Å².